The summed E-state index contributed by atoms with van der Waals surface area (Å²) in [6.07, 6.45) is 0.496. The average molecular weight is 461 g/mol. The van der Waals surface area contributed by atoms with Gasteiger partial charge in [0.1, 0.15) is 17.1 Å². The molecule has 0 unspecified atom stereocenters. The fraction of sp³-hybridized carbons (Fsp3) is 0.269. The Hall–Kier alpha value is -4.07. The van der Waals surface area contributed by atoms with Gasteiger partial charge < -0.3 is 19.4 Å². The summed E-state index contributed by atoms with van der Waals surface area (Å²) in [4.78, 5) is 25.8. The van der Waals surface area contributed by atoms with Crippen molar-refractivity contribution < 1.29 is 14.3 Å². The molecule has 0 aliphatic heterocycles. The van der Waals surface area contributed by atoms with Crippen LogP contribution >= 0.6 is 0 Å². The van der Waals surface area contributed by atoms with E-state index >= 15 is 0 Å². The molecule has 4 rings (SSSR count). The van der Waals surface area contributed by atoms with E-state index in [-0.39, 0.29) is 17.9 Å². The summed E-state index contributed by atoms with van der Waals surface area (Å²) in [6.45, 7) is 4.39. The quantitative estimate of drug-likeness (QED) is 0.430. The number of benzene rings is 2. The molecule has 0 bridgehead atoms. The Morgan fingerprint density at radius 1 is 1.06 bits per heavy atom. The minimum Gasteiger partial charge on any atom is -0.497 e. The Kier molecular flexibility index (Phi) is 6.67. The van der Waals surface area contributed by atoms with E-state index in [0.29, 0.717) is 35.6 Å². The number of hydrogen-bond donors (Lipinski definition) is 1. The molecule has 0 fully saturated rings. The number of aryl methyl sites for hydroxylation is 1. The monoisotopic (exact) mass is 460 g/mol. The normalized spacial score (nSPS) is 10.9. The Labute approximate surface area is 197 Å². The van der Waals surface area contributed by atoms with E-state index in [0.717, 1.165) is 22.8 Å². The summed E-state index contributed by atoms with van der Waals surface area (Å²) in [5.41, 5.74) is 4.13. The fourth-order valence-corrected chi connectivity index (χ4v) is 3.87. The highest BCUT2D eigenvalue weighted by Gasteiger charge is 2.17. The lowest BCUT2D eigenvalue weighted by atomic mass is 10.1. The molecule has 0 saturated heterocycles. The highest BCUT2D eigenvalue weighted by molar-refractivity contribution is 5.90. The molecule has 2 aromatic carbocycles. The number of anilines is 1. The van der Waals surface area contributed by atoms with E-state index in [1.54, 1.807) is 19.2 Å². The molecule has 1 amide bonds. The van der Waals surface area contributed by atoms with Crippen LogP contribution in [0.15, 0.2) is 59.4 Å². The highest BCUT2D eigenvalue weighted by Crippen LogP contribution is 2.23. The molecule has 0 aliphatic carbocycles. The Balaban J connectivity index is 1.54. The van der Waals surface area contributed by atoms with Gasteiger partial charge in [-0.15, -0.1) is 0 Å². The Bertz CT molecular complexity index is 1370. The van der Waals surface area contributed by atoms with Crippen molar-refractivity contribution in [3.63, 3.8) is 0 Å². The van der Waals surface area contributed by atoms with Crippen molar-refractivity contribution in [1.82, 2.24) is 14.2 Å². The van der Waals surface area contributed by atoms with Gasteiger partial charge in [0.25, 0.3) is 5.56 Å². The predicted molar refractivity (Wildman–Crippen MR) is 132 cm³/mol. The number of aromatic nitrogens is 3. The van der Waals surface area contributed by atoms with Crippen LogP contribution in [0.1, 0.15) is 24.6 Å². The molecule has 0 saturated carbocycles. The number of carbonyl (C=O) groups excluding carboxylic acids is 1. The predicted octanol–water partition coefficient (Wildman–Crippen LogP) is 3.99. The zero-order chi connectivity index (χ0) is 24.2. The van der Waals surface area contributed by atoms with Crippen LogP contribution < -0.4 is 20.3 Å². The molecule has 176 valence electrons. The molecule has 0 atom stereocenters. The van der Waals surface area contributed by atoms with Crippen molar-refractivity contribution in [1.29, 1.82) is 0 Å². The summed E-state index contributed by atoms with van der Waals surface area (Å²) >= 11 is 0. The van der Waals surface area contributed by atoms with Crippen LogP contribution in [0.4, 0.5) is 5.69 Å². The highest BCUT2D eigenvalue weighted by atomic mass is 16.5. The van der Waals surface area contributed by atoms with Gasteiger partial charge in [-0.2, -0.15) is 9.61 Å². The second-order valence-corrected chi connectivity index (χ2v) is 7.96. The first-order valence-corrected chi connectivity index (χ1v) is 11.2. The van der Waals surface area contributed by atoms with Gasteiger partial charge in [-0.3, -0.25) is 9.59 Å². The molecule has 4 aromatic rings. The van der Waals surface area contributed by atoms with E-state index in [2.05, 4.69) is 10.4 Å². The number of carbonyl (C=O) groups is 1. The van der Waals surface area contributed by atoms with E-state index < -0.39 is 0 Å². The standard InChI is InChI=1S/C26H28N4O4/c1-5-34-21-12-8-19(9-13-21)27-24(31)15-14-22-17(2)29(3)25-16-23(28-30(25)26(22)32)18-6-10-20(33-4)11-7-18/h6-13,16H,5,14-15H2,1-4H3,(H,27,31). The maximum atomic E-state index is 13.2. The van der Waals surface area contributed by atoms with Crippen molar-refractivity contribution >= 4 is 17.2 Å². The zero-order valence-corrected chi connectivity index (χ0v) is 19.8. The maximum absolute atomic E-state index is 13.2. The van der Waals surface area contributed by atoms with E-state index in [4.69, 9.17) is 9.47 Å². The van der Waals surface area contributed by atoms with Crippen molar-refractivity contribution in [2.75, 3.05) is 19.0 Å². The first kappa shape index (κ1) is 23.1. The van der Waals surface area contributed by atoms with Gasteiger partial charge in [0.15, 0.2) is 0 Å². The number of nitrogens with one attached hydrogen (secondary N) is 1. The second kappa shape index (κ2) is 9.82. The van der Waals surface area contributed by atoms with Crippen molar-refractivity contribution in [2.45, 2.75) is 26.7 Å². The lowest BCUT2D eigenvalue weighted by Crippen LogP contribution is -2.26. The number of amides is 1. The molecule has 0 aliphatic rings. The van der Waals surface area contributed by atoms with Crippen molar-refractivity contribution in [3.05, 3.63) is 76.2 Å². The molecule has 8 nitrogen and oxygen atoms in total. The molecular formula is C26H28N4O4. The summed E-state index contributed by atoms with van der Waals surface area (Å²) in [5.74, 6) is 1.34. The number of rotatable bonds is 8. The smallest absolute Gasteiger partial charge is 0.277 e. The maximum Gasteiger partial charge on any atom is 0.277 e. The molecule has 34 heavy (non-hydrogen) atoms. The molecule has 8 heteroatoms. The SMILES string of the molecule is CCOc1ccc(NC(=O)CCc2c(C)n(C)c3cc(-c4ccc(OC)cc4)nn3c2=O)cc1. The average Bonchev–Trinajstić information content (AvgIpc) is 3.30. The number of fused-ring (bicyclic) bond motifs is 1. The summed E-state index contributed by atoms with van der Waals surface area (Å²) in [5, 5.41) is 7.42. The minimum atomic E-state index is -0.209. The largest absolute Gasteiger partial charge is 0.497 e. The minimum absolute atomic E-state index is 0.162. The van der Waals surface area contributed by atoms with Gasteiger partial charge in [-0.05, 0) is 68.8 Å². The third-order valence-corrected chi connectivity index (χ3v) is 5.86. The number of hydrogen-bond acceptors (Lipinski definition) is 5. The van der Waals surface area contributed by atoms with Crippen molar-refractivity contribution in [2.24, 2.45) is 7.05 Å². The van der Waals surface area contributed by atoms with Crippen molar-refractivity contribution in [3.8, 4) is 22.8 Å². The molecule has 2 aromatic heterocycles. The molecule has 0 spiro atoms. The summed E-state index contributed by atoms with van der Waals surface area (Å²) in [7, 11) is 3.51. The first-order chi connectivity index (χ1) is 16.4. The van der Waals surface area contributed by atoms with E-state index in [1.807, 2.05) is 67.9 Å². The van der Waals surface area contributed by atoms with Gasteiger partial charge in [-0.25, -0.2) is 0 Å². The van der Waals surface area contributed by atoms with Crippen LogP contribution in [-0.4, -0.2) is 33.8 Å². The van der Waals surface area contributed by atoms with E-state index in [9.17, 15) is 9.59 Å². The van der Waals surface area contributed by atoms with Crippen LogP contribution in [0.25, 0.3) is 16.9 Å². The lowest BCUT2D eigenvalue weighted by Gasteiger charge is -2.12. The van der Waals surface area contributed by atoms with Gasteiger partial charge in [0.2, 0.25) is 5.91 Å². The summed E-state index contributed by atoms with van der Waals surface area (Å²) < 4.78 is 14.0. The number of methoxy groups -OCH3 is 1. The zero-order valence-electron chi connectivity index (χ0n) is 19.8. The molecule has 0 radical (unpaired) electrons. The van der Waals surface area contributed by atoms with E-state index in [1.165, 1.54) is 4.52 Å². The third-order valence-electron chi connectivity index (χ3n) is 5.86. The van der Waals surface area contributed by atoms with Gasteiger partial charge in [0, 0.05) is 42.0 Å². The van der Waals surface area contributed by atoms with Crippen LogP contribution in [0.2, 0.25) is 0 Å². The first-order valence-electron chi connectivity index (χ1n) is 11.2. The Morgan fingerprint density at radius 3 is 2.38 bits per heavy atom. The number of nitrogens with zero attached hydrogens (tertiary/aromatic N) is 3. The molecular weight excluding hydrogens is 432 g/mol. The Morgan fingerprint density at radius 2 is 1.74 bits per heavy atom. The topological polar surface area (TPSA) is 86.9 Å². The van der Waals surface area contributed by atoms with Crippen LogP contribution in [0, 0.1) is 6.92 Å². The van der Waals surface area contributed by atoms with Crippen LogP contribution in [0.5, 0.6) is 11.5 Å². The van der Waals surface area contributed by atoms with Crippen LogP contribution in [-0.2, 0) is 18.3 Å². The molecule has 1 N–H and O–H groups in total. The van der Waals surface area contributed by atoms with Gasteiger partial charge in [0.05, 0.1) is 19.4 Å². The van der Waals surface area contributed by atoms with Gasteiger partial charge in [-0.1, -0.05) is 0 Å². The third kappa shape index (κ3) is 4.66. The van der Waals surface area contributed by atoms with Gasteiger partial charge >= 0.3 is 0 Å². The second-order valence-electron chi connectivity index (χ2n) is 7.96. The van der Waals surface area contributed by atoms with Crippen LogP contribution in [0.3, 0.4) is 0 Å². The lowest BCUT2D eigenvalue weighted by molar-refractivity contribution is -0.116. The molecule has 2 heterocycles. The fourth-order valence-electron chi connectivity index (χ4n) is 3.87. The summed E-state index contributed by atoms with van der Waals surface area (Å²) in [6, 6.07) is 16.6. The number of ether oxygens (including phenoxy) is 2.